The topological polar surface area (TPSA) is 64.6 Å². The molecule has 0 aliphatic heterocycles. The standard InChI is InChI=1S/C52H50O7/c1-53-52(54-2,31-30-40-28-29-47(56-36-42-20-10-4-11-21-42)48(32-40)57-37-43-22-12-5-13-23-43)51-49(58-38-44-24-14-6-15-25-44)33-46(55-35-41-18-8-3-9-19-41)34-50(51)59-39-45-26-16-7-17-27-45/h3-29,32-34H,30-31,35-39H2,1-2H3. The lowest BCUT2D eigenvalue weighted by molar-refractivity contribution is -0.221. The fraction of sp³-hybridized carbons (Fsp3) is 0.192. The van der Waals surface area contributed by atoms with Crippen molar-refractivity contribution in [1.29, 1.82) is 0 Å². The summed E-state index contributed by atoms with van der Waals surface area (Å²) >= 11 is 0. The largest absolute Gasteiger partial charge is 0.489 e. The van der Waals surface area contributed by atoms with Gasteiger partial charge in [0.2, 0.25) is 5.79 Å². The van der Waals surface area contributed by atoms with E-state index >= 15 is 0 Å². The first-order chi connectivity index (χ1) is 29.1. The van der Waals surface area contributed by atoms with Crippen LogP contribution in [0.1, 0.15) is 45.4 Å². The minimum absolute atomic E-state index is 0.310. The second kappa shape index (κ2) is 20.8. The van der Waals surface area contributed by atoms with Crippen LogP contribution in [0.2, 0.25) is 0 Å². The Morgan fingerprint density at radius 1 is 0.339 bits per heavy atom. The van der Waals surface area contributed by atoms with E-state index < -0.39 is 5.79 Å². The van der Waals surface area contributed by atoms with Gasteiger partial charge in [0.1, 0.15) is 50.3 Å². The molecular weight excluding hydrogens is 737 g/mol. The normalized spacial score (nSPS) is 11.2. The highest BCUT2D eigenvalue weighted by Crippen LogP contribution is 2.46. The average Bonchev–Trinajstić information content (AvgIpc) is 3.31. The highest BCUT2D eigenvalue weighted by atomic mass is 16.7. The maximum Gasteiger partial charge on any atom is 0.201 e. The molecule has 0 N–H and O–H groups in total. The van der Waals surface area contributed by atoms with Crippen molar-refractivity contribution in [1.82, 2.24) is 0 Å². The van der Waals surface area contributed by atoms with Crippen LogP contribution in [0.25, 0.3) is 0 Å². The van der Waals surface area contributed by atoms with Crippen LogP contribution in [0, 0.1) is 0 Å². The van der Waals surface area contributed by atoms with Crippen LogP contribution in [0.15, 0.2) is 182 Å². The Kier molecular flexibility index (Phi) is 14.3. The molecule has 7 heteroatoms. The molecule has 0 aliphatic carbocycles. The van der Waals surface area contributed by atoms with Gasteiger partial charge in [-0.1, -0.05) is 158 Å². The number of benzene rings is 7. The number of hydrogen-bond donors (Lipinski definition) is 0. The first-order valence-corrected chi connectivity index (χ1v) is 19.9. The van der Waals surface area contributed by atoms with Gasteiger partial charge < -0.3 is 33.2 Å². The van der Waals surface area contributed by atoms with Crippen molar-refractivity contribution >= 4 is 0 Å². The molecule has 7 nitrogen and oxygen atoms in total. The molecule has 300 valence electrons. The summed E-state index contributed by atoms with van der Waals surface area (Å²) in [6.07, 6.45) is 0.973. The zero-order chi connectivity index (χ0) is 40.5. The summed E-state index contributed by atoms with van der Waals surface area (Å²) in [7, 11) is 3.31. The van der Waals surface area contributed by atoms with E-state index in [1.54, 1.807) is 14.2 Å². The van der Waals surface area contributed by atoms with Crippen molar-refractivity contribution in [2.24, 2.45) is 0 Å². The molecule has 7 rings (SSSR count). The third kappa shape index (κ3) is 11.3. The summed E-state index contributed by atoms with van der Waals surface area (Å²) in [6, 6.07) is 60.3. The second-order valence-electron chi connectivity index (χ2n) is 14.1. The molecule has 0 saturated carbocycles. The average molecular weight is 787 g/mol. The van der Waals surface area contributed by atoms with Crippen LogP contribution in [-0.4, -0.2) is 14.2 Å². The highest BCUT2D eigenvalue weighted by molar-refractivity contribution is 5.54. The zero-order valence-electron chi connectivity index (χ0n) is 33.6. The molecule has 0 heterocycles. The highest BCUT2D eigenvalue weighted by Gasteiger charge is 2.39. The van der Waals surface area contributed by atoms with E-state index in [1.807, 2.05) is 176 Å². The smallest absolute Gasteiger partial charge is 0.201 e. The Morgan fingerprint density at radius 2 is 0.695 bits per heavy atom. The SMILES string of the molecule is COC(CCc1ccc(OCc2ccccc2)c(OCc2ccccc2)c1)(OC)c1c(OCc2ccccc2)cc(OCc2ccccc2)cc1OCc1ccccc1. The summed E-state index contributed by atoms with van der Waals surface area (Å²) in [5.74, 6) is 1.68. The predicted molar refractivity (Wildman–Crippen MR) is 231 cm³/mol. The molecule has 0 atom stereocenters. The maximum atomic E-state index is 6.69. The van der Waals surface area contributed by atoms with Crippen LogP contribution in [0.3, 0.4) is 0 Å². The van der Waals surface area contributed by atoms with Crippen molar-refractivity contribution in [3.05, 3.63) is 221 Å². The monoisotopic (exact) mass is 786 g/mol. The van der Waals surface area contributed by atoms with E-state index in [1.165, 1.54) is 0 Å². The molecule has 7 aromatic carbocycles. The van der Waals surface area contributed by atoms with E-state index in [9.17, 15) is 0 Å². The van der Waals surface area contributed by atoms with Gasteiger partial charge in [0.25, 0.3) is 0 Å². The van der Waals surface area contributed by atoms with E-state index in [0.717, 1.165) is 33.4 Å². The quantitative estimate of drug-likeness (QED) is 0.0672. The molecule has 7 aromatic rings. The first kappa shape index (κ1) is 40.6. The predicted octanol–water partition coefficient (Wildman–Crippen LogP) is 11.7. The Balaban J connectivity index is 1.22. The van der Waals surface area contributed by atoms with E-state index in [-0.39, 0.29) is 0 Å². The zero-order valence-corrected chi connectivity index (χ0v) is 33.6. The van der Waals surface area contributed by atoms with Gasteiger partial charge in [0.05, 0.1) is 5.56 Å². The lowest BCUT2D eigenvalue weighted by Gasteiger charge is -2.34. The molecule has 59 heavy (non-hydrogen) atoms. The number of rotatable bonds is 21. The molecule has 0 unspecified atom stereocenters. The van der Waals surface area contributed by atoms with Crippen molar-refractivity contribution in [3.63, 3.8) is 0 Å². The molecule has 0 radical (unpaired) electrons. The third-order valence-electron chi connectivity index (χ3n) is 10.0. The van der Waals surface area contributed by atoms with Crippen LogP contribution in [-0.2, 0) is 54.7 Å². The molecule has 0 amide bonds. The number of ether oxygens (including phenoxy) is 7. The van der Waals surface area contributed by atoms with E-state index in [2.05, 4.69) is 6.07 Å². The minimum atomic E-state index is -1.29. The fourth-order valence-corrected chi connectivity index (χ4v) is 6.80. The van der Waals surface area contributed by atoms with Crippen molar-refractivity contribution in [2.75, 3.05) is 14.2 Å². The number of methoxy groups -OCH3 is 2. The molecular formula is C52H50O7. The summed E-state index contributed by atoms with van der Waals surface area (Å²) in [5.41, 5.74) is 6.85. The number of aryl methyl sites for hydroxylation is 1. The van der Waals surface area contributed by atoms with Crippen LogP contribution < -0.4 is 23.7 Å². The molecule has 0 fully saturated rings. The minimum Gasteiger partial charge on any atom is -0.489 e. The van der Waals surface area contributed by atoms with Crippen molar-refractivity contribution in [2.45, 2.75) is 51.7 Å². The van der Waals surface area contributed by atoms with Crippen LogP contribution >= 0.6 is 0 Å². The van der Waals surface area contributed by atoms with Gasteiger partial charge in [-0.25, -0.2) is 0 Å². The van der Waals surface area contributed by atoms with Crippen molar-refractivity contribution in [3.8, 4) is 28.7 Å². The Bertz CT molecular complexity index is 2230. The summed E-state index contributed by atoms with van der Waals surface area (Å²) in [5, 5.41) is 0. The van der Waals surface area contributed by atoms with Gasteiger partial charge in [-0.15, -0.1) is 0 Å². The third-order valence-corrected chi connectivity index (χ3v) is 10.0. The van der Waals surface area contributed by atoms with E-state index in [4.69, 9.17) is 33.2 Å². The van der Waals surface area contributed by atoms with Gasteiger partial charge in [0.15, 0.2) is 11.5 Å². The molecule has 0 spiro atoms. The van der Waals surface area contributed by atoms with Gasteiger partial charge in [-0.3, -0.25) is 0 Å². The first-order valence-electron chi connectivity index (χ1n) is 19.9. The van der Waals surface area contributed by atoms with Gasteiger partial charge in [0, 0.05) is 32.8 Å². The maximum absolute atomic E-state index is 6.69. The summed E-state index contributed by atoms with van der Waals surface area (Å²) in [4.78, 5) is 0. The Labute approximate surface area is 347 Å². The van der Waals surface area contributed by atoms with Gasteiger partial charge in [-0.05, 0) is 51.9 Å². The summed E-state index contributed by atoms with van der Waals surface area (Å²) in [6.45, 7) is 1.81. The van der Waals surface area contributed by atoms with Crippen LogP contribution in [0.4, 0.5) is 0 Å². The molecule has 0 saturated heterocycles. The van der Waals surface area contributed by atoms with E-state index in [0.29, 0.717) is 80.2 Å². The van der Waals surface area contributed by atoms with Gasteiger partial charge >= 0.3 is 0 Å². The lowest BCUT2D eigenvalue weighted by atomic mass is 9.95. The Hall–Kier alpha value is -6.54. The second-order valence-corrected chi connectivity index (χ2v) is 14.1. The number of hydrogen-bond acceptors (Lipinski definition) is 7. The van der Waals surface area contributed by atoms with Crippen molar-refractivity contribution < 1.29 is 33.2 Å². The Morgan fingerprint density at radius 3 is 1.08 bits per heavy atom. The molecule has 0 aliphatic rings. The van der Waals surface area contributed by atoms with Crippen LogP contribution in [0.5, 0.6) is 28.7 Å². The molecule has 0 bridgehead atoms. The van der Waals surface area contributed by atoms with Gasteiger partial charge in [-0.2, -0.15) is 0 Å². The lowest BCUT2D eigenvalue weighted by Crippen LogP contribution is -2.33. The fourth-order valence-electron chi connectivity index (χ4n) is 6.80. The molecule has 0 aromatic heterocycles. The summed E-state index contributed by atoms with van der Waals surface area (Å²) < 4.78 is 45.4.